The molecule has 0 heterocycles. The van der Waals surface area contributed by atoms with Gasteiger partial charge in [0.05, 0.1) is 17.2 Å². The first kappa shape index (κ1) is 34.9. The lowest BCUT2D eigenvalue weighted by atomic mass is 10.0. The molecule has 0 aliphatic heterocycles. The highest BCUT2D eigenvalue weighted by Gasteiger charge is 2.35. The quantitative estimate of drug-likeness (QED) is 0.158. The highest BCUT2D eigenvalue weighted by Crippen LogP contribution is 2.28. The largest absolute Gasteiger partial charge is 0.494 e. The van der Waals surface area contributed by atoms with Gasteiger partial charge in [-0.25, -0.2) is 12.8 Å². The van der Waals surface area contributed by atoms with Gasteiger partial charge in [0.15, 0.2) is 0 Å². The molecule has 2 amide bonds. The molecule has 0 saturated heterocycles. The molecule has 1 saturated carbocycles. The number of hydrogen-bond donors (Lipinski definition) is 1. The zero-order valence-corrected chi connectivity index (χ0v) is 28.3. The first-order valence-corrected chi connectivity index (χ1v) is 17.8. The SMILES string of the molecule is CCOc1ccc(N(CC(=O)N(Cc2ccc(Cl)cc2)[C@@H](Cc2ccccc2)C(=O)NC2CCCC2)S(=O)(=O)c2ccc(F)cc2)cc1. The minimum Gasteiger partial charge on any atom is -0.494 e. The van der Waals surface area contributed by atoms with Crippen LogP contribution >= 0.6 is 11.6 Å². The van der Waals surface area contributed by atoms with E-state index in [0.717, 1.165) is 59.8 Å². The fourth-order valence-electron chi connectivity index (χ4n) is 5.85. The summed E-state index contributed by atoms with van der Waals surface area (Å²) in [6.07, 6.45) is 3.96. The molecule has 0 aromatic heterocycles. The molecule has 0 bridgehead atoms. The van der Waals surface area contributed by atoms with Crippen LogP contribution < -0.4 is 14.4 Å². The first-order chi connectivity index (χ1) is 23.1. The van der Waals surface area contributed by atoms with Crippen LogP contribution in [0.15, 0.2) is 108 Å². The maximum Gasteiger partial charge on any atom is 0.264 e. The smallest absolute Gasteiger partial charge is 0.264 e. The summed E-state index contributed by atoms with van der Waals surface area (Å²) in [4.78, 5) is 30.0. The Hall–Kier alpha value is -4.41. The van der Waals surface area contributed by atoms with Crippen molar-refractivity contribution in [1.29, 1.82) is 0 Å². The van der Waals surface area contributed by atoms with Crippen LogP contribution in [0.25, 0.3) is 0 Å². The van der Waals surface area contributed by atoms with Crippen LogP contribution in [0.4, 0.5) is 10.1 Å². The van der Waals surface area contributed by atoms with Crippen LogP contribution in [0, 0.1) is 5.82 Å². The van der Waals surface area contributed by atoms with Crippen LogP contribution in [-0.4, -0.2) is 50.4 Å². The lowest BCUT2D eigenvalue weighted by molar-refractivity contribution is -0.140. The Labute approximate surface area is 286 Å². The molecule has 0 unspecified atom stereocenters. The topological polar surface area (TPSA) is 96.0 Å². The van der Waals surface area contributed by atoms with Gasteiger partial charge < -0.3 is 15.0 Å². The zero-order valence-electron chi connectivity index (χ0n) is 26.7. The van der Waals surface area contributed by atoms with Gasteiger partial charge in [0, 0.05) is 24.0 Å². The van der Waals surface area contributed by atoms with Crippen molar-refractivity contribution in [3.05, 3.63) is 125 Å². The Morgan fingerprint density at radius 3 is 2.17 bits per heavy atom. The normalized spacial score (nSPS) is 13.9. The fourth-order valence-corrected chi connectivity index (χ4v) is 7.39. The van der Waals surface area contributed by atoms with Crippen LogP contribution in [0.1, 0.15) is 43.7 Å². The van der Waals surface area contributed by atoms with E-state index in [-0.39, 0.29) is 35.5 Å². The number of nitrogens with zero attached hydrogens (tertiary/aromatic N) is 2. The molecule has 11 heteroatoms. The number of carbonyl (C=O) groups excluding carboxylic acids is 2. The van der Waals surface area contributed by atoms with Gasteiger partial charge in [-0.1, -0.05) is 66.9 Å². The fraction of sp³-hybridized carbons (Fsp3) is 0.297. The van der Waals surface area contributed by atoms with Crippen molar-refractivity contribution in [3.63, 3.8) is 0 Å². The van der Waals surface area contributed by atoms with E-state index >= 15 is 0 Å². The Balaban J connectivity index is 1.56. The third-order valence-corrected chi connectivity index (χ3v) is 10.4. The van der Waals surface area contributed by atoms with E-state index in [9.17, 15) is 22.4 Å². The van der Waals surface area contributed by atoms with Crippen LogP contribution in [0.3, 0.4) is 0 Å². The predicted molar refractivity (Wildman–Crippen MR) is 185 cm³/mol. The van der Waals surface area contributed by atoms with E-state index in [0.29, 0.717) is 22.9 Å². The second kappa shape index (κ2) is 16.1. The van der Waals surface area contributed by atoms with Gasteiger partial charge in [-0.05, 0) is 91.6 Å². The van der Waals surface area contributed by atoms with E-state index in [2.05, 4.69) is 5.32 Å². The molecule has 1 N–H and O–H groups in total. The average Bonchev–Trinajstić information content (AvgIpc) is 3.60. The molecule has 1 aliphatic carbocycles. The van der Waals surface area contributed by atoms with Gasteiger partial charge in [0.1, 0.15) is 24.2 Å². The third-order valence-electron chi connectivity index (χ3n) is 8.36. The summed E-state index contributed by atoms with van der Waals surface area (Å²) in [6, 6.07) is 26.2. The van der Waals surface area contributed by atoms with Crippen molar-refractivity contribution in [2.75, 3.05) is 17.5 Å². The van der Waals surface area contributed by atoms with E-state index in [1.165, 1.54) is 4.90 Å². The standard InChI is InChI=1S/C37H39ClFN3O5S/c1-2-47-33-20-18-32(19-21-33)42(48(45,46)34-22-16-30(39)17-23-34)26-36(43)41(25-28-12-14-29(38)15-13-28)35(24-27-8-4-3-5-9-27)37(44)40-31-10-6-7-11-31/h3-5,8-9,12-23,31,35H,2,6-7,10-11,24-26H2,1H3,(H,40,44)/t35-/m0/s1. The average molecular weight is 692 g/mol. The Kier molecular flexibility index (Phi) is 11.7. The summed E-state index contributed by atoms with van der Waals surface area (Å²) in [7, 11) is -4.37. The van der Waals surface area contributed by atoms with Crippen LogP contribution in [0.2, 0.25) is 5.02 Å². The molecule has 8 nitrogen and oxygen atoms in total. The molecule has 4 aromatic rings. The van der Waals surface area contributed by atoms with Gasteiger partial charge in [-0.15, -0.1) is 0 Å². The second-order valence-corrected chi connectivity index (χ2v) is 14.0. The molecular formula is C37H39ClFN3O5S. The molecule has 48 heavy (non-hydrogen) atoms. The van der Waals surface area contributed by atoms with Gasteiger partial charge in [0.2, 0.25) is 11.8 Å². The minimum absolute atomic E-state index is 0.00228. The van der Waals surface area contributed by atoms with Crippen molar-refractivity contribution in [1.82, 2.24) is 10.2 Å². The zero-order chi connectivity index (χ0) is 34.1. The molecular weight excluding hydrogens is 653 g/mol. The van der Waals surface area contributed by atoms with Crippen LogP contribution in [0.5, 0.6) is 5.75 Å². The molecule has 1 fully saturated rings. The highest BCUT2D eigenvalue weighted by atomic mass is 35.5. The van der Waals surface area contributed by atoms with Crippen molar-refractivity contribution in [2.45, 2.75) is 62.6 Å². The van der Waals surface area contributed by atoms with E-state index in [4.69, 9.17) is 16.3 Å². The van der Waals surface area contributed by atoms with E-state index in [1.54, 1.807) is 48.5 Å². The Bertz CT molecular complexity index is 1770. The maximum atomic E-state index is 14.6. The highest BCUT2D eigenvalue weighted by molar-refractivity contribution is 7.92. The number of benzene rings is 4. The number of nitrogens with one attached hydrogen (secondary N) is 1. The molecule has 5 rings (SSSR count). The van der Waals surface area contributed by atoms with Gasteiger partial charge in [-0.2, -0.15) is 0 Å². The molecule has 1 atom stereocenters. The summed E-state index contributed by atoms with van der Waals surface area (Å²) in [5.74, 6) is -0.958. The number of carbonyl (C=O) groups is 2. The van der Waals surface area contributed by atoms with Crippen LogP contribution in [-0.2, 0) is 32.6 Å². The number of hydrogen-bond acceptors (Lipinski definition) is 5. The molecule has 252 valence electrons. The van der Waals surface area contributed by atoms with Crippen molar-refractivity contribution in [3.8, 4) is 5.75 Å². The lowest BCUT2D eigenvalue weighted by Gasteiger charge is -2.34. The number of halogens is 2. The number of rotatable bonds is 14. The monoisotopic (exact) mass is 691 g/mol. The number of anilines is 1. The van der Waals surface area contributed by atoms with Gasteiger partial charge >= 0.3 is 0 Å². The van der Waals surface area contributed by atoms with E-state index in [1.807, 2.05) is 37.3 Å². The second-order valence-electron chi connectivity index (χ2n) is 11.7. The summed E-state index contributed by atoms with van der Waals surface area (Å²) >= 11 is 6.16. The molecule has 1 aliphatic rings. The maximum absolute atomic E-state index is 14.6. The lowest BCUT2D eigenvalue weighted by Crippen LogP contribution is -2.54. The van der Waals surface area contributed by atoms with Gasteiger partial charge in [0.25, 0.3) is 10.0 Å². The first-order valence-electron chi connectivity index (χ1n) is 16.0. The minimum atomic E-state index is -4.37. The predicted octanol–water partition coefficient (Wildman–Crippen LogP) is 6.77. The van der Waals surface area contributed by atoms with Crippen molar-refractivity contribution < 1.29 is 27.1 Å². The summed E-state index contributed by atoms with van der Waals surface area (Å²) in [5.41, 5.74) is 1.77. The molecule has 0 spiro atoms. The summed E-state index contributed by atoms with van der Waals surface area (Å²) < 4.78 is 48.6. The number of sulfonamides is 1. The number of amides is 2. The molecule has 0 radical (unpaired) electrons. The number of ether oxygens (including phenoxy) is 1. The third kappa shape index (κ3) is 8.93. The van der Waals surface area contributed by atoms with Gasteiger partial charge in [-0.3, -0.25) is 13.9 Å². The Morgan fingerprint density at radius 2 is 1.54 bits per heavy atom. The van der Waals surface area contributed by atoms with Crippen molar-refractivity contribution >= 4 is 39.1 Å². The molecule has 4 aromatic carbocycles. The summed E-state index contributed by atoms with van der Waals surface area (Å²) in [5, 5.41) is 3.68. The Morgan fingerprint density at radius 1 is 0.896 bits per heavy atom. The van der Waals surface area contributed by atoms with Crippen molar-refractivity contribution in [2.24, 2.45) is 0 Å². The summed E-state index contributed by atoms with van der Waals surface area (Å²) in [6.45, 7) is 1.66. The van der Waals surface area contributed by atoms with E-state index < -0.39 is 34.3 Å².